The summed E-state index contributed by atoms with van der Waals surface area (Å²) in [5, 5.41) is 3.89. The predicted octanol–water partition coefficient (Wildman–Crippen LogP) is 1.55. The molecule has 1 N–H and O–H groups in total. The number of aromatic nitrogens is 1. The molecule has 4 nitrogen and oxygen atoms in total. The van der Waals surface area contributed by atoms with Crippen LogP contribution in [0.4, 0.5) is 0 Å². The summed E-state index contributed by atoms with van der Waals surface area (Å²) in [6.07, 6.45) is 7.30. The Morgan fingerprint density at radius 3 is 3.14 bits per heavy atom. The van der Waals surface area contributed by atoms with Crippen molar-refractivity contribution < 1.29 is 0 Å². The van der Waals surface area contributed by atoms with E-state index in [9.17, 15) is 0 Å². The van der Waals surface area contributed by atoms with Crippen LogP contribution in [0.3, 0.4) is 0 Å². The van der Waals surface area contributed by atoms with Gasteiger partial charge >= 0.3 is 0 Å². The third kappa shape index (κ3) is 2.50. The highest BCUT2D eigenvalue weighted by atomic mass is 32.2. The maximum atomic E-state index is 4.23. The molecule has 0 bridgehead atoms. The fourth-order valence-electron chi connectivity index (χ4n) is 0.974. The molecule has 0 spiro atoms. The first-order valence-electron chi connectivity index (χ1n) is 4.23. The van der Waals surface area contributed by atoms with Crippen molar-refractivity contribution in [1.82, 2.24) is 14.9 Å². The fourth-order valence-corrected chi connectivity index (χ4v) is 1.68. The Balaban J connectivity index is 1.83. The summed E-state index contributed by atoms with van der Waals surface area (Å²) in [6.45, 7) is 0. The van der Waals surface area contributed by atoms with E-state index >= 15 is 0 Å². The number of hydrogen-bond donors (Lipinski definition) is 1. The predicted molar refractivity (Wildman–Crippen MR) is 58.1 cm³/mol. The van der Waals surface area contributed by atoms with E-state index < -0.39 is 0 Å². The third-order valence-electron chi connectivity index (χ3n) is 1.62. The first-order chi connectivity index (χ1) is 6.95. The van der Waals surface area contributed by atoms with Crippen LogP contribution in [0.2, 0.25) is 0 Å². The Hall–Kier alpha value is -1.49. The molecule has 0 aliphatic carbocycles. The van der Waals surface area contributed by atoms with Crippen LogP contribution in [0.15, 0.2) is 41.8 Å². The number of pyridine rings is 1. The molecule has 2 rings (SSSR count). The van der Waals surface area contributed by atoms with Crippen LogP contribution in [0.5, 0.6) is 0 Å². The van der Waals surface area contributed by atoms with Crippen molar-refractivity contribution in [3.05, 3.63) is 42.4 Å². The molecule has 14 heavy (non-hydrogen) atoms. The van der Waals surface area contributed by atoms with Gasteiger partial charge in [0.15, 0.2) is 0 Å². The molecule has 0 aromatic carbocycles. The van der Waals surface area contributed by atoms with Crippen LogP contribution in [0, 0.1) is 0 Å². The Kier molecular flexibility index (Phi) is 3.03. The molecule has 0 atom stereocenters. The molecular weight excluding hydrogens is 196 g/mol. The SMILES string of the molecule is C1=CN(SCc2ccccn2)NN=C1. The summed E-state index contributed by atoms with van der Waals surface area (Å²) in [7, 11) is 0. The van der Waals surface area contributed by atoms with Gasteiger partial charge in [0, 0.05) is 12.4 Å². The van der Waals surface area contributed by atoms with Crippen LogP contribution in [0.25, 0.3) is 0 Å². The Labute approximate surface area is 86.8 Å². The van der Waals surface area contributed by atoms with E-state index in [1.54, 1.807) is 24.4 Å². The van der Waals surface area contributed by atoms with Crippen molar-refractivity contribution >= 4 is 18.2 Å². The van der Waals surface area contributed by atoms with Gasteiger partial charge in [-0.05, 0) is 30.2 Å². The maximum absolute atomic E-state index is 4.23. The van der Waals surface area contributed by atoms with Gasteiger partial charge in [-0.1, -0.05) is 6.07 Å². The van der Waals surface area contributed by atoms with Gasteiger partial charge < -0.3 is 0 Å². The molecule has 1 aliphatic heterocycles. The lowest BCUT2D eigenvalue weighted by atomic mass is 10.4. The Bertz CT molecular complexity index is 336. The maximum Gasteiger partial charge on any atom is 0.0577 e. The Morgan fingerprint density at radius 1 is 1.43 bits per heavy atom. The lowest BCUT2D eigenvalue weighted by Gasteiger charge is -2.18. The molecule has 5 heteroatoms. The first-order valence-corrected chi connectivity index (χ1v) is 5.17. The zero-order valence-corrected chi connectivity index (χ0v) is 8.31. The minimum atomic E-state index is 0.827. The van der Waals surface area contributed by atoms with E-state index in [0.717, 1.165) is 11.4 Å². The number of hydrazine groups is 1. The standard InChI is InChI=1S/C9H10N4S/c1-2-5-10-9(4-1)8-14-13-7-3-6-11-12-13/h1-7,12H,8H2. The number of nitrogens with one attached hydrogen (secondary N) is 1. The summed E-state index contributed by atoms with van der Waals surface area (Å²) in [6, 6.07) is 5.90. The van der Waals surface area contributed by atoms with Gasteiger partial charge in [0.05, 0.1) is 17.7 Å². The van der Waals surface area contributed by atoms with Gasteiger partial charge in [0.1, 0.15) is 0 Å². The van der Waals surface area contributed by atoms with Crippen molar-refractivity contribution in [2.45, 2.75) is 5.75 Å². The molecule has 1 aromatic heterocycles. The van der Waals surface area contributed by atoms with Gasteiger partial charge in [-0.25, -0.2) is 9.95 Å². The van der Waals surface area contributed by atoms with Crippen LogP contribution < -0.4 is 5.53 Å². The summed E-state index contributed by atoms with van der Waals surface area (Å²) in [5.41, 5.74) is 3.90. The van der Waals surface area contributed by atoms with Crippen LogP contribution in [-0.4, -0.2) is 15.6 Å². The minimum Gasteiger partial charge on any atom is -0.260 e. The summed E-state index contributed by atoms with van der Waals surface area (Å²) < 4.78 is 1.84. The second-order valence-electron chi connectivity index (χ2n) is 2.64. The zero-order valence-electron chi connectivity index (χ0n) is 7.50. The third-order valence-corrected chi connectivity index (χ3v) is 2.52. The first kappa shape index (κ1) is 9.08. The highest BCUT2D eigenvalue weighted by molar-refractivity contribution is 7.96. The molecular formula is C9H10N4S. The number of hydrazone groups is 1. The largest absolute Gasteiger partial charge is 0.260 e. The number of allylic oxidation sites excluding steroid dienone is 1. The van der Waals surface area contributed by atoms with Crippen LogP contribution >= 0.6 is 11.9 Å². The zero-order chi connectivity index (χ0) is 9.64. The average Bonchev–Trinajstić information content (AvgIpc) is 2.29. The van der Waals surface area contributed by atoms with E-state index in [0.29, 0.717) is 0 Å². The molecule has 0 saturated carbocycles. The molecule has 0 radical (unpaired) electrons. The highest BCUT2D eigenvalue weighted by Crippen LogP contribution is 2.14. The molecule has 2 heterocycles. The topological polar surface area (TPSA) is 40.5 Å². The lowest BCUT2D eigenvalue weighted by molar-refractivity contribution is 0.466. The van der Waals surface area contributed by atoms with Crippen LogP contribution in [0.1, 0.15) is 5.69 Å². The summed E-state index contributed by atoms with van der Waals surface area (Å²) in [5.74, 6) is 0.827. The van der Waals surface area contributed by atoms with Crippen molar-refractivity contribution in [2.75, 3.05) is 0 Å². The monoisotopic (exact) mass is 206 g/mol. The molecule has 0 fully saturated rings. The smallest absolute Gasteiger partial charge is 0.0577 e. The van der Waals surface area contributed by atoms with Crippen molar-refractivity contribution in [3.63, 3.8) is 0 Å². The number of hydrogen-bond acceptors (Lipinski definition) is 5. The van der Waals surface area contributed by atoms with E-state index in [-0.39, 0.29) is 0 Å². The molecule has 0 saturated heterocycles. The van der Waals surface area contributed by atoms with E-state index in [2.05, 4.69) is 15.6 Å². The average molecular weight is 206 g/mol. The molecule has 0 unspecified atom stereocenters. The molecule has 72 valence electrons. The summed E-state index contributed by atoms with van der Waals surface area (Å²) in [4.78, 5) is 4.23. The van der Waals surface area contributed by atoms with Gasteiger partial charge in [0.25, 0.3) is 0 Å². The van der Waals surface area contributed by atoms with Gasteiger partial charge in [0.2, 0.25) is 0 Å². The number of nitrogens with zero attached hydrogens (tertiary/aromatic N) is 3. The van der Waals surface area contributed by atoms with Gasteiger partial charge in [-0.2, -0.15) is 5.10 Å². The minimum absolute atomic E-state index is 0.827. The lowest BCUT2D eigenvalue weighted by Crippen LogP contribution is -2.24. The van der Waals surface area contributed by atoms with E-state index in [1.807, 2.05) is 34.9 Å². The van der Waals surface area contributed by atoms with Crippen LogP contribution in [-0.2, 0) is 5.75 Å². The molecule has 0 amide bonds. The second kappa shape index (κ2) is 4.66. The van der Waals surface area contributed by atoms with Crippen molar-refractivity contribution in [2.24, 2.45) is 5.10 Å². The summed E-state index contributed by atoms with van der Waals surface area (Å²) >= 11 is 1.61. The van der Waals surface area contributed by atoms with E-state index in [1.165, 1.54) is 0 Å². The normalized spacial score (nSPS) is 14.1. The van der Waals surface area contributed by atoms with Gasteiger partial charge in [-0.3, -0.25) is 4.98 Å². The quantitative estimate of drug-likeness (QED) is 0.762. The highest BCUT2D eigenvalue weighted by Gasteiger charge is 2.01. The molecule has 1 aromatic rings. The van der Waals surface area contributed by atoms with Crippen molar-refractivity contribution in [1.29, 1.82) is 0 Å². The fraction of sp³-hybridized carbons (Fsp3) is 0.111. The number of rotatable bonds is 3. The Morgan fingerprint density at radius 2 is 2.43 bits per heavy atom. The van der Waals surface area contributed by atoms with Gasteiger partial charge in [-0.15, -0.1) is 0 Å². The second-order valence-corrected chi connectivity index (χ2v) is 3.58. The van der Waals surface area contributed by atoms with Crippen molar-refractivity contribution in [3.8, 4) is 0 Å². The van der Waals surface area contributed by atoms with E-state index in [4.69, 9.17) is 0 Å². The molecule has 1 aliphatic rings.